The average molecular weight is 407 g/mol. The van der Waals surface area contributed by atoms with Gasteiger partial charge in [0, 0.05) is 11.6 Å². The molecule has 0 fully saturated rings. The highest BCUT2D eigenvalue weighted by Crippen LogP contribution is 2.22. The summed E-state index contributed by atoms with van der Waals surface area (Å²) in [6.07, 6.45) is 0. The van der Waals surface area contributed by atoms with Crippen LogP contribution in [-0.2, 0) is 6.61 Å². The minimum atomic E-state index is -0.655. The molecule has 0 aliphatic rings. The highest BCUT2D eigenvalue weighted by atomic mass is 127. The molecule has 0 aliphatic carbocycles. The lowest BCUT2D eigenvalue weighted by molar-refractivity contribution is 0.287. The molecule has 0 unspecified atom stereocenters. The van der Waals surface area contributed by atoms with Gasteiger partial charge in [0.2, 0.25) is 5.88 Å². The average Bonchev–Trinajstić information content (AvgIpc) is 2.44. The third-order valence-corrected chi connectivity index (χ3v) is 3.76. The summed E-state index contributed by atoms with van der Waals surface area (Å²) in [5, 5.41) is 8.48. The molecule has 0 radical (unpaired) electrons. The fourth-order valence-corrected chi connectivity index (χ4v) is 2.21. The van der Waals surface area contributed by atoms with Gasteiger partial charge < -0.3 is 4.74 Å². The molecule has 0 saturated heterocycles. The first kappa shape index (κ1) is 14.9. The molecular weight excluding hydrogens is 401 g/mol. The van der Waals surface area contributed by atoms with Crippen molar-refractivity contribution in [2.75, 3.05) is 0 Å². The Kier molecular flexibility index (Phi) is 4.73. The molecular formula is C13H6ClF2IN2O. The van der Waals surface area contributed by atoms with E-state index in [0.29, 0.717) is 0 Å². The molecule has 0 bridgehead atoms. The van der Waals surface area contributed by atoms with Crippen molar-refractivity contribution in [3.05, 3.63) is 55.8 Å². The van der Waals surface area contributed by atoms with Gasteiger partial charge in [0.25, 0.3) is 0 Å². The van der Waals surface area contributed by atoms with Crippen molar-refractivity contribution in [3.8, 4) is 11.9 Å². The summed E-state index contributed by atoms with van der Waals surface area (Å²) < 4.78 is 32.4. The van der Waals surface area contributed by atoms with Gasteiger partial charge in [0.15, 0.2) is 11.0 Å². The van der Waals surface area contributed by atoms with Crippen molar-refractivity contribution in [1.29, 1.82) is 5.26 Å². The molecule has 1 heterocycles. The largest absolute Gasteiger partial charge is 0.473 e. The molecule has 0 amide bonds. The zero-order valence-electron chi connectivity index (χ0n) is 9.83. The second kappa shape index (κ2) is 6.33. The van der Waals surface area contributed by atoms with Crippen LogP contribution in [0.5, 0.6) is 5.88 Å². The number of aromatic nitrogens is 1. The van der Waals surface area contributed by atoms with Gasteiger partial charge in [-0.05, 0) is 34.7 Å². The monoisotopic (exact) mass is 406 g/mol. The minimum absolute atomic E-state index is 0.0927. The lowest BCUT2D eigenvalue weighted by Crippen LogP contribution is -2.03. The number of ether oxygens (including phenoxy) is 1. The third-order valence-electron chi connectivity index (χ3n) is 2.44. The molecule has 3 nitrogen and oxygen atoms in total. The van der Waals surface area contributed by atoms with Gasteiger partial charge in [-0.1, -0.05) is 17.7 Å². The first-order chi connectivity index (χ1) is 9.52. The second-order valence-electron chi connectivity index (χ2n) is 3.72. The van der Waals surface area contributed by atoms with E-state index in [9.17, 15) is 8.78 Å². The number of benzene rings is 1. The van der Waals surface area contributed by atoms with E-state index in [1.165, 1.54) is 18.2 Å². The second-order valence-corrected chi connectivity index (χ2v) is 5.16. The van der Waals surface area contributed by atoms with Crippen LogP contribution in [0.2, 0.25) is 5.15 Å². The smallest absolute Gasteiger partial charge is 0.215 e. The van der Waals surface area contributed by atoms with E-state index in [-0.39, 0.29) is 32.3 Å². The first-order valence-electron chi connectivity index (χ1n) is 5.34. The Balaban J connectivity index is 2.17. The molecule has 20 heavy (non-hydrogen) atoms. The molecule has 2 rings (SSSR count). The van der Waals surface area contributed by atoms with Crippen LogP contribution in [-0.4, -0.2) is 4.98 Å². The molecule has 7 heteroatoms. The van der Waals surface area contributed by atoms with Gasteiger partial charge in [-0.25, -0.2) is 8.78 Å². The first-order valence-corrected chi connectivity index (χ1v) is 6.80. The zero-order chi connectivity index (χ0) is 14.7. The normalized spacial score (nSPS) is 10.2. The van der Waals surface area contributed by atoms with E-state index < -0.39 is 11.6 Å². The number of pyridine rings is 1. The Morgan fingerprint density at radius 3 is 2.70 bits per heavy atom. The van der Waals surface area contributed by atoms with Gasteiger partial charge in [-0.15, -0.1) is 0 Å². The van der Waals surface area contributed by atoms with E-state index in [1.807, 2.05) is 6.07 Å². The Hall–Kier alpha value is -1.46. The summed E-state index contributed by atoms with van der Waals surface area (Å²) in [5.41, 5.74) is 0.533. The lowest BCUT2D eigenvalue weighted by atomic mass is 10.1. The summed E-state index contributed by atoms with van der Waals surface area (Å²) in [6, 6.07) is 7.27. The topological polar surface area (TPSA) is 45.9 Å². The molecule has 0 spiro atoms. The van der Waals surface area contributed by atoms with Crippen molar-refractivity contribution >= 4 is 34.2 Å². The minimum Gasteiger partial charge on any atom is -0.473 e. The van der Waals surface area contributed by atoms with E-state index in [4.69, 9.17) is 21.6 Å². The molecule has 2 aromatic rings. The van der Waals surface area contributed by atoms with Crippen molar-refractivity contribution in [2.45, 2.75) is 6.61 Å². The Morgan fingerprint density at radius 2 is 2.05 bits per heavy atom. The van der Waals surface area contributed by atoms with Crippen LogP contribution >= 0.6 is 34.2 Å². The maximum Gasteiger partial charge on any atom is 0.215 e. The highest BCUT2D eigenvalue weighted by Gasteiger charge is 2.12. The summed E-state index contributed by atoms with van der Waals surface area (Å²) in [4.78, 5) is 3.67. The fourth-order valence-electron chi connectivity index (χ4n) is 1.42. The highest BCUT2D eigenvalue weighted by molar-refractivity contribution is 14.1. The summed E-state index contributed by atoms with van der Waals surface area (Å²) in [7, 11) is 0. The maximum absolute atomic E-state index is 14.0. The van der Waals surface area contributed by atoms with E-state index in [0.717, 1.165) is 6.07 Å². The van der Waals surface area contributed by atoms with Crippen LogP contribution < -0.4 is 4.74 Å². The van der Waals surface area contributed by atoms with E-state index >= 15 is 0 Å². The zero-order valence-corrected chi connectivity index (χ0v) is 12.7. The van der Waals surface area contributed by atoms with Crippen LogP contribution in [0.25, 0.3) is 0 Å². The number of hydrogen-bond donors (Lipinski definition) is 0. The van der Waals surface area contributed by atoms with Gasteiger partial charge in [0.05, 0.1) is 9.13 Å². The van der Waals surface area contributed by atoms with Crippen molar-refractivity contribution in [2.24, 2.45) is 0 Å². The van der Waals surface area contributed by atoms with Crippen molar-refractivity contribution < 1.29 is 13.5 Å². The number of nitriles is 1. The Bertz CT molecular complexity index is 704. The lowest BCUT2D eigenvalue weighted by Gasteiger charge is -2.08. The van der Waals surface area contributed by atoms with E-state index in [2.05, 4.69) is 4.98 Å². The fraction of sp³-hybridized carbons (Fsp3) is 0.0769. The Morgan fingerprint density at radius 1 is 1.30 bits per heavy atom. The standard InChI is InChI=1S/C13H6ClF2IN2O/c14-13-9(15)3-4-10(19-13)20-6-8-2-1-7(5-18)12(17)11(8)16/h1-4H,6H2. The summed E-state index contributed by atoms with van der Waals surface area (Å²) in [6.45, 7) is -0.0947. The number of hydrogen-bond acceptors (Lipinski definition) is 3. The van der Waals surface area contributed by atoms with Gasteiger partial charge in [-0.3, -0.25) is 0 Å². The van der Waals surface area contributed by atoms with Crippen LogP contribution in [0.1, 0.15) is 11.1 Å². The third kappa shape index (κ3) is 3.16. The number of nitrogens with zero attached hydrogens (tertiary/aromatic N) is 2. The number of rotatable bonds is 3. The van der Waals surface area contributed by atoms with Gasteiger partial charge in [0.1, 0.15) is 18.5 Å². The summed E-state index contributed by atoms with van der Waals surface area (Å²) >= 11 is 7.27. The number of halogens is 4. The molecule has 0 saturated carbocycles. The quantitative estimate of drug-likeness (QED) is 0.570. The van der Waals surface area contributed by atoms with Gasteiger partial charge in [-0.2, -0.15) is 10.2 Å². The predicted molar refractivity (Wildman–Crippen MR) is 77.4 cm³/mol. The molecule has 102 valence electrons. The molecule has 0 atom stereocenters. The molecule has 0 aliphatic heterocycles. The Labute approximate surface area is 132 Å². The predicted octanol–water partition coefficient (Wildman–Crippen LogP) is 4.07. The summed E-state index contributed by atoms with van der Waals surface area (Å²) in [5.74, 6) is -1.08. The van der Waals surface area contributed by atoms with Gasteiger partial charge >= 0.3 is 0 Å². The van der Waals surface area contributed by atoms with Crippen molar-refractivity contribution in [3.63, 3.8) is 0 Å². The molecule has 1 aromatic heterocycles. The molecule has 0 N–H and O–H groups in total. The van der Waals surface area contributed by atoms with E-state index in [1.54, 1.807) is 22.6 Å². The maximum atomic E-state index is 14.0. The van der Waals surface area contributed by atoms with Crippen LogP contribution in [0.3, 0.4) is 0 Å². The van der Waals surface area contributed by atoms with Crippen LogP contribution in [0.15, 0.2) is 24.3 Å². The van der Waals surface area contributed by atoms with Crippen LogP contribution in [0, 0.1) is 26.5 Å². The van der Waals surface area contributed by atoms with Crippen molar-refractivity contribution in [1.82, 2.24) is 4.98 Å². The van der Waals surface area contributed by atoms with Crippen LogP contribution in [0.4, 0.5) is 8.78 Å². The molecule has 1 aromatic carbocycles. The SMILES string of the molecule is N#Cc1ccc(COc2ccc(F)c(Cl)n2)c(F)c1I.